The van der Waals surface area contributed by atoms with Crippen LogP contribution in [0.2, 0.25) is 0 Å². The number of hydrogen-bond acceptors (Lipinski definition) is 3. The fraction of sp³-hybridized carbons (Fsp3) is 0.200. The molecule has 0 unspecified atom stereocenters. The SMILES string of the molecule is C[C@H](O)c1ccc(Oc2ccccc2CO)cc1. The van der Waals surface area contributed by atoms with Crippen LogP contribution in [0, 0.1) is 0 Å². The molecule has 2 aromatic rings. The Bertz CT molecular complexity index is 503. The van der Waals surface area contributed by atoms with Gasteiger partial charge in [-0.3, -0.25) is 0 Å². The number of benzene rings is 2. The molecule has 18 heavy (non-hydrogen) atoms. The lowest BCUT2D eigenvalue weighted by molar-refractivity contribution is 0.199. The third-order valence-electron chi connectivity index (χ3n) is 2.73. The van der Waals surface area contributed by atoms with Gasteiger partial charge in [0.1, 0.15) is 11.5 Å². The molecular formula is C15H16O3. The van der Waals surface area contributed by atoms with Gasteiger partial charge >= 0.3 is 0 Å². The van der Waals surface area contributed by atoms with Crippen molar-refractivity contribution in [2.45, 2.75) is 19.6 Å². The quantitative estimate of drug-likeness (QED) is 0.869. The fourth-order valence-corrected chi connectivity index (χ4v) is 1.68. The first-order valence-electron chi connectivity index (χ1n) is 5.85. The van der Waals surface area contributed by atoms with Crippen molar-refractivity contribution in [3.63, 3.8) is 0 Å². The molecule has 0 fully saturated rings. The van der Waals surface area contributed by atoms with E-state index in [-0.39, 0.29) is 6.61 Å². The number of para-hydroxylation sites is 1. The molecule has 0 saturated carbocycles. The Labute approximate surface area is 106 Å². The van der Waals surface area contributed by atoms with E-state index in [1.807, 2.05) is 36.4 Å². The summed E-state index contributed by atoms with van der Waals surface area (Å²) >= 11 is 0. The van der Waals surface area contributed by atoms with Crippen molar-refractivity contribution in [1.82, 2.24) is 0 Å². The van der Waals surface area contributed by atoms with Gasteiger partial charge in [-0.2, -0.15) is 0 Å². The number of rotatable bonds is 4. The zero-order valence-electron chi connectivity index (χ0n) is 10.2. The molecular weight excluding hydrogens is 228 g/mol. The van der Waals surface area contributed by atoms with Crippen LogP contribution in [0.4, 0.5) is 0 Å². The summed E-state index contributed by atoms with van der Waals surface area (Å²) in [4.78, 5) is 0. The largest absolute Gasteiger partial charge is 0.457 e. The van der Waals surface area contributed by atoms with Gasteiger partial charge in [-0.25, -0.2) is 0 Å². The van der Waals surface area contributed by atoms with Crippen LogP contribution in [0.1, 0.15) is 24.2 Å². The van der Waals surface area contributed by atoms with E-state index in [4.69, 9.17) is 4.74 Å². The predicted octanol–water partition coefficient (Wildman–Crippen LogP) is 3.02. The Morgan fingerprint density at radius 2 is 1.72 bits per heavy atom. The molecule has 0 amide bonds. The van der Waals surface area contributed by atoms with Crippen LogP contribution < -0.4 is 4.74 Å². The second kappa shape index (κ2) is 5.67. The normalized spacial score (nSPS) is 12.2. The summed E-state index contributed by atoms with van der Waals surface area (Å²) in [6.45, 7) is 1.67. The average molecular weight is 244 g/mol. The van der Waals surface area contributed by atoms with Gasteiger partial charge in [0.05, 0.1) is 12.7 Å². The van der Waals surface area contributed by atoms with Crippen molar-refractivity contribution in [3.8, 4) is 11.5 Å². The van der Waals surface area contributed by atoms with Gasteiger partial charge in [-0.15, -0.1) is 0 Å². The van der Waals surface area contributed by atoms with Gasteiger partial charge < -0.3 is 14.9 Å². The first kappa shape index (κ1) is 12.6. The zero-order chi connectivity index (χ0) is 13.0. The van der Waals surface area contributed by atoms with Crippen LogP contribution >= 0.6 is 0 Å². The van der Waals surface area contributed by atoms with Crippen molar-refractivity contribution in [2.75, 3.05) is 0 Å². The highest BCUT2D eigenvalue weighted by Crippen LogP contribution is 2.26. The van der Waals surface area contributed by atoms with Crippen molar-refractivity contribution in [3.05, 3.63) is 59.7 Å². The lowest BCUT2D eigenvalue weighted by Gasteiger charge is -2.10. The molecule has 0 aliphatic heterocycles. The Morgan fingerprint density at radius 1 is 1.06 bits per heavy atom. The van der Waals surface area contributed by atoms with Crippen LogP contribution in [0.5, 0.6) is 11.5 Å². The average Bonchev–Trinajstić information content (AvgIpc) is 2.40. The number of ether oxygens (including phenoxy) is 1. The van der Waals surface area contributed by atoms with Crippen LogP contribution in [0.15, 0.2) is 48.5 Å². The Morgan fingerprint density at radius 3 is 2.33 bits per heavy atom. The van der Waals surface area contributed by atoms with Gasteiger partial charge in [0.15, 0.2) is 0 Å². The topological polar surface area (TPSA) is 49.7 Å². The molecule has 0 saturated heterocycles. The van der Waals surface area contributed by atoms with Gasteiger partial charge in [-0.1, -0.05) is 30.3 Å². The maximum Gasteiger partial charge on any atom is 0.132 e. The molecule has 3 heteroatoms. The highest BCUT2D eigenvalue weighted by Gasteiger charge is 2.04. The molecule has 1 atom stereocenters. The summed E-state index contributed by atoms with van der Waals surface area (Å²) < 4.78 is 5.69. The lowest BCUT2D eigenvalue weighted by Crippen LogP contribution is -1.93. The number of aliphatic hydroxyl groups is 2. The van der Waals surface area contributed by atoms with Gasteiger partial charge in [0, 0.05) is 5.56 Å². The first-order chi connectivity index (χ1) is 8.70. The van der Waals surface area contributed by atoms with E-state index < -0.39 is 6.10 Å². The molecule has 0 heterocycles. The Balaban J connectivity index is 2.18. The first-order valence-corrected chi connectivity index (χ1v) is 5.85. The van der Waals surface area contributed by atoms with Gasteiger partial charge in [0.25, 0.3) is 0 Å². The Kier molecular flexibility index (Phi) is 3.97. The predicted molar refractivity (Wildman–Crippen MR) is 69.5 cm³/mol. The van der Waals surface area contributed by atoms with Crippen molar-refractivity contribution in [1.29, 1.82) is 0 Å². The van der Waals surface area contributed by atoms with Gasteiger partial charge in [-0.05, 0) is 30.7 Å². The lowest BCUT2D eigenvalue weighted by atomic mass is 10.1. The van der Waals surface area contributed by atoms with Crippen molar-refractivity contribution in [2.24, 2.45) is 0 Å². The molecule has 0 bridgehead atoms. The van der Waals surface area contributed by atoms with E-state index in [1.54, 1.807) is 19.1 Å². The summed E-state index contributed by atoms with van der Waals surface area (Å²) in [6, 6.07) is 14.6. The van der Waals surface area contributed by atoms with Crippen LogP contribution in [-0.4, -0.2) is 10.2 Å². The maximum absolute atomic E-state index is 9.41. The minimum atomic E-state index is -0.483. The van der Waals surface area contributed by atoms with E-state index >= 15 is 0 Å². The molecule has 0 aliphatic carbocycles. The third-order valence-corrected chi connectivity index (χ3v) is 2.73. The van der Waals surface area contributed by atoms with Crippen molar-refractivity contribution >= 4 is 0 Å². The van der Waals surface area contributed by atoms with Gasteiger partial charge in [0.2, 0.25) is 0 Å². The monoisotopic (exact) mass is 244 g/mol. The molecule has 0 aromatic heterocycles. The summed E-state index contributed by atoms with van der Waals surface area (Å²) in [5.41, 5.74) is 1.59. The third kappa shape index (κ3) is 2.88. The summed E-state index contributed by atoms with van der Waals surface area (Å²) in [6.07, 6.45) is -0.483. The second-order valence-electron chi connectivity index (χ2n) is 4.11. The standard InChI is InChI=1S/C15H16O3/c1-11(17)12-6-8-14(9-7-12)18-15-5-3-2-4-13(15)10-16/h2-9,11,16-17H,10H2,1H3/t11-/m0/s1. The molecule has 2 rings (SSSR count). The van der Waals surface area contributed by atoms with Crippen LogP contribution in [-0.2, 0) is 6.61 Å². The highest BCUT2D eigenvalue weighted by atomic mass is 16.5. The summed E-state index contributed by atoms with van der Waals surface area (Å²) in [5, 5.41) is 18.6. The highest BCUT2D eigenvalue weighted by molar-refractivity contribution is 5.38. The smallest absolute Gasteiger partial charge is 0.132 e. The minimum Gasteiger partial charge on any atom is -0.457 e. The second-order valence-corrected chi connectivity index (χ2v) is 4.11. The molecule has 0 aliphatic rings. The molecule has 0 spiro atoms. The molecule has 94 valence electrons. The van der Waals surface area contributed by atoms with Crippen molar-refractivity contribution < 1.29 is 14.9 Å². The molecule has 2 N–H and O–H groups in total. The van der Waals surface area contributed by atoms with Crippen LogP contribution in [0.25, 0.3) is 0 Å². The fourth-order valence-electron chi connectivity index (χ4n) is 1.68. The van der Waals surface area contributed by atoms with E-state index in [2.05, 4.69) is 0 Å². The minimum absolute atomic E-state index is 0.0536. The van der Waals surface area contributed by atoms with E-state index in [9.17, 15) is 10.2 Å². The van der Waals surface area contributed by atoms with Crippen LogP contribution in [0.3, 0.4) is 0 Å². The Hall–Kier alpha value is -1.84. The number of aliphatic hydroxyl groups excluding tert-OH is 2. The molecule has 3 nitrogen and oxygen atoms in total. The van der Waals surface area contributed by atoms with E-state index in [0.717, 1.165) is 11.1 Å². The molecule has 0 radical (unpaired) electrons. The van der Waals surface area contributed by atoms with E-state index in [1.165, 1.54) is 0 Å². The zero-order valence-corrected chi connectivity index (χ0v) is 10.2. The number of hydrogen-bond donors (Lipinski definition) is 2. The van der Waals surface area contributed by atoms with E-state index in [0.29, 0.717) is 11.5 Å². The maximum atomic E-state index is 9.41. The summed E-state index contributed by atoms with van der Waals surface area (Å²) in [7, 11) is 0. The summed E-state index contributed by atoms with van der Waals surface area (Å²) in [5.74, 6) is 1.32. The molecule has 2 aromatic carbocycles.